The number of hydrogen-bond donors (Lipinski definition) is 1. The summed E-state index contributed by atoms with van der Waals surface area (Å²) in [5.74, 6) is 0.314. The molecular weight excluding hydrogens is 335 g/mol. The number of halogens is 1. The Morgan fingerprint density at radius 1 is 0.962 bits per heavy atom. The molecule has 134 valence electrons. The van der Waals surface area contributed by atoms with Crippen molar-refractivity contribution >= 4 is 0 Å². The zero-order valence-corrected chi connectivity index (χ0v) is 14.9. The molecule has 0 bridgehead atoms. The summed E-state index contributed by atoms with van der Waals surface area (Å²) in [6.07, 6.45) is 0. The second-order valence-corrected chi connectivity index (χ2v) is 5.94. The molecule has 0 unspecified atom stereocenters. The van der Waals surface area contributed by atoms with E-state index in [2.05, 4.69) is 0 Å². The van der Waals surface area contributed by atoms with Gasteiger partial charge in [-0.2, -0.15) is 4.73 Å². The lowest BCUT2D eigenvalue weighted by Gasteiger charge is -2.10. The molecule has 3 aromatic rings. The smallest absolute Gasteiger partial charge is 0.293 e. The molecule has 0 radical (unpaired) electrons. The molecule has 0 atom stereocenters. The molecule has 5 nitrogen and oxygen atoms in total. The van der Waals surface area contributed by atoms with Crippen molar-refractivity contribution in [3.8, 4) is 28.3 Å². The zero-order chi connectivity index (χ0) is 18.8. The fraction of sp³-hybridized carbons (Fsp3) is 0.200. The van der Waals surface area contributed by atoms with Gasteiger partial charge in [-0.25, -0.2) is 4.39 Å². The largest absolute Gasteiger partial charge is 0.494 e. The average molecular weight is 355 g/mol. The third kappa shape index (κ3) is 3.06. The van der Waals surface area contributed by atoms with Crippen LogP contribution in [0.25, 0.3) is 22.5 Å². The quantitative estimate of drug-likeness (QED) is 0.565. The molecule has 0 spiro atoms. The Bertz CT molecular complexity index is 994. The van der Waals surface area contributed by atoms with Gasteiger partial charge in [0.25, 0.3) is 11.4 Å². The van der Waals surface area contributed by atoms with Gasteiger partial charge < -0.3 is 9.94 Å². The molecule has 26 heavy (non-hydrogen) atoms. The molecule has 0 saturated carbocycles. The van der Waals surface area contributed by atoms with Gasteiger partial charge in [-0.3, -0.25) is 0 Å². The van der Waals surface area contributed by atoms with Crippen LogP contribution in [-0.4, -0.2) is 16.5 Å². The van der Waals surface area contributed by atoms with Gasteiger partial charge in [0.2, 0.25) is 0 Å². The van der Waals surface area contributed by atoms with Crippen LogP contribution in [0, 0.1) is 24.6 Å². The van der Waals surface area contributed by atoms with Gasteiger partial charge in [-0.15, -0.1) is 0 Å². The Morgan fingerprint density at radius 2 is 1.42 bits per heavy atom. The standard InChI is InChI=1S/C20H20FN2O3/c1-4-26-18-11-7-16(8-12-18)20-14(3)22(24)13(2)19(23(20)25)15-5-9-17(21)10-6-15/h5-12,24H,4H2,1-3H3/q+1. The fourth-order valence-electron chi connectivity index (χ4n) is 2.99. The minimum absolute atomic E-state index is 0.266. The van der Waals surface area contributed by atoms with Crippen molar-refractivity contribution in [2.45, 2.75) is 20.8 Å². The molecule has 0 aliphatic carbocycles. The molecule has 2 aromatic carbocycles. The molecular formula is C20H20FN2O3+. The minimum atomic E-state index is -0.389. The van der Waals surface area contributed by atoms with Crippen LogP contribution in [-0.2, 0) is 0 Å². The number of hydrogen-bond acceptors (Lipinski definition) is 3. The first-order chi connectivity index (χ1) is 12.4. The lowest BCUT2D eigenvalue weighted by Crippen LogP contribution is -2.28. The average Bonchev–Trinajstić information content (AvgIpc) is 2.63. The molecule has 1 aromatic heterocycles. The first kappa shape index (κ1) is 17.7. The van der Waals surface area contributed by atoms with E-state index in [1.807, 2.05) is 6.92 Å². The van der Waals surface area contributed by atoms with E-state index in [1.165, 1.54) is 24.3 Å². The zero-order valence-electron chi connectivity index (χ0n) is 14.9. The van der Waals surface area contributed by atoms with Gasteiger partial charge in [0.15, 0.2) is 0 Å². The van der Waals surface area contributed by atoms with Gasteiger partial charge >= 0.3 is 0 Å². The molecule has 3 rings (SSSR count). The molecule has 1 N–H and O–H groups in total. The van der Waals surface area contributed by atoms with E-state index in [9.17, 15) is 14.5 Å². The highest BCUT2D eigenvalue weighted by Crippen LogP contribution is 2.27. The third-order valence-corrected chi connectivity index (χ3v) is 4.28. The van der Waals surface area contributed by atoms with E-state index in [0.29, 0.717) is 40.6 Å². The number of benzene rings is 2. The van der Waals surface area contributed by atoms with Gasteiger partial charge in [-0.1, -0.05) is 0 Å². The van der Waals surface area contributed by atoms with E-state index in [1.54, 1.807) is 38.1 Å². The molecule has 1 heterocycles. The highest BCUT2D eigenvalue weighted by molar-refractivity contribution is 5.64. The molecule has 0 aliphatic heterocycles. The summed E-state index contributed by atoms with van der Waals surface area (Å²) in [4.78, 5) is 13.1. The van der Waals surface area contributed by atoms with E-state index in [0.717, 1.165) is 9.16 Å². The molecule has 0 aliphatic rings. The van der Waals surface area contributed by atoms with Crippen LogP contribution in [0.1, 0.15) is 18.3 Å². The van der Waals surface area contributed by atoms with E-state index in [4.69, 9.17) is 4.74 Å². The molecule has 6 heteroatoms. The van der Waals surface area contributed by atoms with Gasteiger partial charge in [-0.05, 0) is 69.3 Å². The second kappa shape index (κ2) is 7.00. The number of ether oxygens (including phenoxy) is 1. The van der Waals surface area contributed by atoms with E-state index < -0.39 is 0 Å². The number of nitrogens with zero attached hydrogens (tertiary/aromatic N) is 2. The van der Waals surface area contributed by atoms with Crippen LogP contribution in [0.15, 0.2) is 48.5 Å². The summed E-state index contributed by atoms with van der Waals surface area (Å²) in [5.41, 5.74) is 2.54. The minimum Gasteiger partial charge on any atom is -0.494 e. The molecule has 0 amide bonds. The highest BCUT2D eigenvalue weighted by Gasteiger charge is 2.28. The molecule has 0 saturated heterocycles. The van der Waals surface area contributed by atoms with Crippen LogP contribution in [0.4, 0.5) is 4.39 Å². The Balaban J connectivity index is 2.23. The van der Waals surface area contributed by atoms with Crippen LogP contribution < -0.4 is 9.16 Å². The normalized spacial score (nSPS) is 10.8. The van der Waals surface area contributed by atoms with Crippen molar-refractivity contribution in [2.75, 3.05) is 6.61 Å². The monoisotopic (exact) mass is 355 g/mol. The predicted molar refractivity (Wildman–Crippen MR) is 96.5 cm³/mol. The highest BCUT2D eigenvalue weighted by atomic mass is 19.1. The first-order valence-electron chi connectivity index (χ1n) is 8.31. The van der Waals surface area contributed by atoms with Crippen molar-refractivity contribution in [2.24, 2.45) is 0 Å². The summed E-state index contributed by atoms with van der Waals surface area (Å²) in [6.45, 7) is 5.76. The van der Waals surface area contributed by atoms with Crippen LogP contribution >= 0.6 is 0 Å². The van der Waals surface area contributed by atoms with Gasteiger partial charge in [0.1, 0.15) is 23.0 Å². The van der Waals surface area contributed by atoms with Crippen molar-refractivity contribution in [3.05, 3.63) is 70.6 Å². The maximum absolute atomic E-state index is 13.2. The fourth-order valence-corrected chi connectivity index (χ4v) is 2.99. The predicted octanol–water partition coefficient (Wildman–Crippen LogP) is 4.13. The van der Waals surface area contributed by atoms with Crippen molar-refractivity contribution in [3.63, 3.8) is 0 Å². The Morgan fingerprint density at radius 3 is 1.88 bits per heavy atom. The Hall–Kier alpha value is -3.15. The van der Waals surface area contributed by atoms with E-state index in [-0.39, 0.29) is 11.5 Å². The van der Waals surface area contributed by atoms with Gasteiger partial charge in [0.05, 0.1) is 22.2 Å². The lowest BCUT2D eigenvalue weighted by atomic mass is 10.1. The summed E-state index contributed by atoms with van der Waals surface area (Å²) < 4.78 is 20.4. The summed E-state index contributed by atoms with van der Waals surface area (Å²) in [5, 5.41) is 10.5. The maximum Gasteiger partial charge on any atom is 0.293 e. The molecule has 0 fully saturated rings. The SMILES string of the molecule is CCOc1ccc(-c2c(C)n(O)c(C)c(-c3ccc(F)cc3)[n+]2=O)cc1. The third-order valence-electron chi connectivity index (χ3n) is 4.28. The summed E-state index contributed by atoms with van der Waals surface area (Å²) in [7, 11) is 0. The summed E-state index contributed by atoms with van der Waals surface area (Å²) in [6, 6.07) is 12.7. The Labute approximate surface area is 150 Å². The number of aromatic nitrogens is 2. The van der Waals surface area contributed by atoms with Crippen LogP contribution in [0.2, 0.25) is 0 Å². The first-order valence-corrected chi connectivity index (χ1v) is 8.31. The summed E-state index contributed by atoms with van der Waals surface area (Å²) >= 11 is 0. The van der Waals surface area contributed by atoms with Crippen molar-refractivity contribution in [1.29, 1.82) is 0 Å². The number of rotatable bonds is 4. The van der Waals surface area contributed by atoms with Crippen LogP contribution in [0.3, 0.4) is 0 Å². The van der Waals surface area contributed by atoms with Crippen molar-refractivity contribution in [1.82, 2.24) is 4.73 Å². The van der Waals surface area contributed by atoms with Crippen molar-refractivity contribution < 1.29 is 18.8 Å². The lowest BCUT2D eigenvalue weighted by molar-refractivity contribution is -0.472. The van der Waals surface area contributed by atoms with Gasteiger partial charge in [0, 0.05) is 4.91 Å². The maximum atomic E-state index is 13.2. The Kier molecular flexibility index (Phi) is 4.75. The van der Waals surface area contributed by atoms with Crippen LogP contribution in [0.5, 0.6) is 5.75 Å². The van der Waals surface area contributed by atoms with E-state index >= 15 is 0 Å². The topological polar surface area (TPSA) is 57.4 Å². The second-order valence-electron chi connectivity index (χ2n) is 5.94.